The molecule has 0 atom stereocenters. The number of amides is 1. The number of para-hydroxylation sites is 1. The van der Waals surface area contributed by atoms with Crippen molar-refractivity contribution in [1.82, 2.24) is 0 Å². The van der Waals surface area contributed by atoms with E-state index in [1.165, 1.54) is 0 Å². The summed E-state index contributed by atoms with van der Waals surface area (Å²) in [6, 6.07) is 12.4. The minimum Gasteiger partial charge on any atom is -0.480 e. The summed E-state index contributed by atoms with van der Waals surface area (Å²) in [6.07, 6.45) is 0. The Morgan fingerprint density at radius 1 is 1.04 bits per heavy atom. The quantitative estimate of drug-likeness (QED) is 0.812. The van der Waals surface area contributed by atoms with Crippen molar-refractivity contribution in [3.63, 3.8) is 0 Å². The summed E-state index contributed by atoms with van der Waals surface area (Å²) < 4.78 is 10.1. The number of halogens is 1. The lowest BCUT2D eigenvalue weighted by molar-refractivity contribution is -0.149. The zero-order valence-electron chi connectivity index (χ0n) is 13.5. The van der Waals surface area contributed by atoms with Gasteiger partial charge in [-0.2, -0.15) is 0 Å². The van der Waals surface area contributed by atoms with E-state index in [1.54, 1.807) is 30.3 Å². The second-order valence-electron chi connectivity index (χ2n) is 5.18. The zero-order valence-corrected chi connectivity index (χ0v) is 14.2. The number of esters is 1. The van der Waals surface area contributed by atoms with E-state index in [-0.39, 0.29) is 13.2 Å². The highest BCUT2D eigenvalue weighted by molar-refractivity contribution is 6.32. The predicted molar refractivity (Wildman–Crippen MR) is 92.5 cm³/mol. The largest absolute Gasteiger partial charge is 0.480 e. The lowest BCUT2D eigenvalue weighted by Gasteiger charge is -2.11. The summed E-state index contributed by atoms with van der Waals surface area (Å²) in [5, 5.41) is 3.11. The summed E-state index contributed by atoms with van der Waals surface area (Å²) in [4.78, 5) is 23.5. The molecule has 0 aromatic heterocycles. The first-order valence-electron chi connectivity index (χ1n) is 7.36. The van der Waals surface area contributed by atoms with Gasteiger partial charge in [-0.3, -0.25) is 4.79 Å². The van der Waals surface area contributed by atoms with E-state index in [0.717, 1.165) is 11.1 Å². The fourth-order valence-electron chi connectivity index (χ4n) is 1.96. The maximum Gasteiger partial charge on any atom is 0.344 e. The van der Waals surface area contributed by atoms with Crippen molar-refractivity contribution in [2.45, 2.75) is 13.8 Å². The van der Waals surface area contributed by atoms with Crippen LogP contribution in [0.1, 0.15) is 11.1 Å². The summed E-state index contributed by atoms with van der Waals surface area (Å²) >= 11 is 5.91. The van der Waals surface area contributed by atoms with Crippen molar-refractivity contribution < 1.29 is 19.1 Å². The van der Waals surface area contributed by atoms with Crippen LogP contribution in [0.3, 0.4) is 0 Å². The zero-order chi connectivity index (χ0) is 17.5. The molecule has 0 saturated carbocycles. The first-order chi connectivity index (χ1) is 11.5. The van der Waals surface area contributed by atoms with Crippen LogP contribution >= 0.6 is 11.6 Å². The minimum absolute atomic E-state index is 0.319. The molecule has 0 spiro atoms. The number of anilines is 1. The number of ether oxygens (including phenoxy) is 2. The van der Waals surface area contributed by atoms with Crippen LogP contribution in [-0.4, -0.2) is 25.1 Å². The summed E-state index contributed by atoms with van der Waals surface area (Å²) in [5.41, 5.74) is 2.74. The van der Waals surface area contributed by atoms with Crippen LogP contribution in [-0.2, 0) is 14.3 Å². The number of hydrogen-bond donors (Lipinski definition) is 1. The first-order valence-corrected chi connectivity index (χ1v) is 7.74. The third-order valence-corrected chi connectivity index (χ3v) is 3.74. The molecule has 2 rings (SSSR count). The minimum atomic E-state index is -0.647. The molecule has 0 unspecified atom stereocenters. The lowest BCUT2D eigenvalue weighted by atomic mass is 10.1. The number of hydrogen-bond acceptors (Lipinski definition) is 4. The number of benzene rings is 2. The van der Waals surface area contributed by atoms with Crippen LogP contribution in [0, 0.1) is 13.8 Å². The van der Waals surface area contributed by atoms with Gasteiger partial charge in [0.15, 0.2) is 13.2 Å². The van der Waals surface area contributed by atoms with Crippen molar-refractivity contribution in [2.24, 2.45) is 0 Å². The van der Waals surface area contributed by atoms with Gasteiger partial charge in [-0.25, -0.2) is 4.79 Å². The normalized spacial score (nSPS) is 10.1. The standard InChI is InChI=1S/C18H18ClNO4/c1-12-6-5-8-15(13(12)2)20-17(21)10-24-18(22)11-23-16-9-4-3-7-14(16)19/h3-9H,10-11H2,1-2H3,(H,20,21). The number of rotatable bonds is 6. The second-order valence-corrected chi connectivity index (χ2v) is 5.58. The first kappa shape index (κ1) is 17.8. The Morgan fingerprint density at radius 2 is 1.79 bits per heavy atom. The molecule has 1 N–H and O–H groups in total. The molecule has 0 heterocycles. The molecular weight excluding hydrogens is 330 g/mol. The maximum atomic E-state index is 11.9. The molecule has 0 fully saturated rings. The average molecular weight is 348 g/mol. The van der Waals surface area contributed by atoms with Crippen LogP contribution in [0.15, 0.2) is 42.5 Å². The molecule has 1 amide bonds. The highest BCUT2D eigenvalue weighted by Gasteiger charge is 2.11. The number of nitrogens with one attached hydrogen (secondary N) is 1. The molecule has 126 valence electrons. The molecular formula is C18H18ClNO4. The summed E-state index contributed by atoms with van der Waals surface area (Å²) in [7, 11) is 0. The van der Waals surface area contributed by atoms with Crippen molar-refractivity contribution in [1.29, 1.82) is 0 Å². The van der Waals surface area contributed by atoms with Crippen molar-refractivity contribution in [3.05, 3.63) is 58.6 Å². The van der Waals surface area contributed by atoms with Gasteiger partial charge in [0, 0.05) is 5.69 Å². The van der Waals surface area contributed by atoms with E-state index in [4.69, 9.17) is 21.1 Å². The van der Waals surface area contributed by atoms with Crippen molar-refractivity contribution in [2.75, 3.05) is 18.5 Å². The van der Waals surface area contributed by atoms with Gasteiger partial charge >= 0.3 is 5.97 Å². The number of aryl methyl sites for hydroxylation is 1. The Bertz CT molecular complexity index is 746. The SMILES string of the molecule is Cc1cccc(NC(=O)COC(=O)COc2ccccc2Cl)c1C. The van der Waals surface area contributed by atoms with Gasteiger partial charge in [-0.05, 0) is 43.2 Å². The van der Waals surface area contributed by atoms with E-state index < -0.39 is 11.9 Å². The van der Waals surface area contributed by atoms with Gasteiger partial charge in [-0.1, -0.05) is 35.9 Å². The van der Waals surface area contributed by atoms with Crippen LogP contribution in [0.25, 0.3) is 0 Å². The fraction of sp³-hybridized carbons (Fsp3) is 0.222. The van der Waals surface area contributed by atoms with Gasteiger partial charge in [0.05, 0.1) is 5.02 Å². The van der Waals surface area contributed by atoms with E-state index >= 15 is 0 Å². The predicted octanol–water partition coefficient (Wildman–Crippen LogP) is 3.52. The molecule has 2 aromatic carbocycles. The lowest BCUT2D eigenvalue weighted by Crippen LogP contribution is -2.24. The smallest absolute Gasteiger partial charge is 0.344 e. The van der Waals surface area contributed by atoms with E-state index in [0.29, 0.717) is 16.5 Å². The second kappa shape index (κ2) is 8.36. The molecule has 6 heteroatoms. The molecule has 0 bridgehead atoms. The molecule has 2 aromatic rings. The Labute approximate surface area is 145 Å². The Morgan fingerprint density at radius 3 is 2.54 bits per heavy atom. The molecule has 24 heavy (non-hydrogen) atoms. The van der Waals surface area contributed by atoms with E-state index in [2.05, 4.69) is 5.32 Å². The fourth-order valence-corrected chi connectivity index (χ4v) is 2.15. The highest BCUT2D eigenvalue weighted by Crippen LogP contribution is 2.23. The topological polar surface area (TPSA) is 64.6 Å². The summed E-state index contributed by atoms with van der Waals surface area (Å²) in [5.74, 6) is -0.670. The van der Waals surface area contributed by atoms with Gasteiger partial charge in [0.1, 0.15) is 5.75 Å². The van der Waals surface area contributed by atoms with Gasteiger partial charge < -0.3 is 14.8 Å². The van der Waals surface area contributed by atoms with Crippen molar-refractivity contribution in [3.8, 4) is 5.75 Å². The van der Waals surface area contributed by atoms with Crippen molar-refractivity contribution >= 4 is 29.2 Å². The molecule has 0 aliphatic carbocycles. The monoisotopic (exact) mass is 347 g/mol. The molecule has 0 aliphatic rings. The average Bonchev–Trinajstić information content (AvgIpc) is 2.56. The number of carbonyl (C=O) groups is 2. The van der Waals surface area contributed by atoms with Gasteiger partial charge in [0.2, 0.25) is 0 Å². The maximum absolute atomic E-state index is 11.9. The highest BCUT2D eigenvalue weighted by atomic mass is 35.5. The van der Waals surface area contributed by atoms with E-state index in [9.17, 15) is 9.59 Å². The molecule has 0 aliphatic heterocycles. The molecule has 0 saturated heterocycles. The molecule has 0 radical (unpaired) electrons. The van der Waals surface area contributed by atoms with E-state index in [1.807, 2.05) is 26.0 Å². The Hall–Kier alpha value is -2.53. The third-order valence-electron chi connectivity index (χ3n) is 3.43. The van der Waals surface area contributed by atoms with Gasteiger partial charge in [-0.15, -0.1) is 0 Å². The van der Waals surface area contributed by atoms with Crippen LogP contribution in [0.4, 0.5) is 5.69 Å². The van der Waals surface area contributed by atoms with Crippen LogP contribution in [0.2, 0.25) is 5.02 Å². The molecule has 5 nitrogen and oxygen atoms in total. The number of carbonyl (C=O) groups excluding carboxylic acids is 2. The third kappa shape index (κ3) is 4.99. The van der Waals surface area contributed by atoms with Crippen LogP contribution < -0.4 is 10.1 Å². The summed E-state index contributed by atoms with van der Waals surface area (Å²) in [6.45, 7) is 3.17. The van der Waals surface area contributed by atoms with Gasteiger partial charge in [0.25, 0.3) is 5.91 Å². The van der Waals surface area contributed by atoms with Crippen LogP contribution in [0.5, 0.6) is 5.75 Å². The Balaban J connectivity index is 1.78. The Kier molecular flexibility index (Phi) is 6.21.